The smallest absolute Gasteiger partial charge is 0.263 e. The normalized spacial score (nSPS) is 15.6. The zero-order chi connectivity index (χ0) is 20.8. The van der Waals surface area contributed by atoms with Gasteiger partial charge in [0.15, 0.2) is 0 Å². The summed E-state index contributed by atoms with van der Waals surface area (Å²) in [6.07, 6.45) is 2.23. The first-order valence-electron chi connectivity index (χ1n) is 10.3. The van der Waals surface area contributed by atoms with E-state index < -0.39 is 0 Å². The maximum Gasteiger partial charge on any atom is 0.263 e. The van der Waals surface area contributed by atoms with E-state index in [1.807, 2.05) is 29.2 Å². The summed E-state index contributed by atoms with van der Waals surface area (Å²) in [5.41, 5.74) is 1.24. The highest BCUT2D eigenvalue weighted by Crippen LogP contribution is 2.26. The molecule has 0 N–H and O–H groups in total. The number of thiophene rings is 1. The molecule has 1 aromatic carbocycles. The van der Waals surface area contributed by atoms with Crippen molar-refractivity contribution >= 4 is 28.8 Å². The van der Waals surface area contributed by atoms with Crippen molar-refractivity contribution in [2.75, 3.05) is 33.3 Å². The van der Waals surface area contributed by atoms with Crippen molar-refractivity contribution in [3.8, 4) is 5.75 Å². The number of rotatable bonds is 8. The van der Waals surface area contributed by atoms with Crippen molar-refractivity contribution < 1.29 is 9.53 Å². The summed E-state index contributed by atoms with van der Waals surface area (Å²) in [4.78, 5) is 18.3. The van der Waals surface area contributed by atoms with E-state index in [2.05, 4.69) is 30.9 Å². The third-order valence-electron chi connectivity index (χ3n) is 5.43. The molecule has 1 saturated heterocycles. The summed E-state index contributed by atoms with van der Waals surface area (Å²) in [7, 11) is 1.73. The molecule has 158 valence electrons. The number of hydrogen-bond acceptors (Lipinski definition) is 4. The number of amides is 1. The molecule has 0 unspecified atom stereocenters. The molecule has 1 fully saturated rings. The lowest BCUT2D eigenvalue weighted by molar-refractivity contribution is 0.0668. The molecule has 29 heavy (non-hydrogen) atoms. The molecule has 2 aromatic rings. The number of carbonyl (C=O) groups excluding carboxylic acids is 1. The molecule has 0 aliphatic carbocycles. The van der Waals surface area contributed by atoms with Crippen LogP contribution in [0.1, 0.15) is 41.9 Å². The molecule has 4 nitrogen and oxygen atoms in total. The second kappa shape index (κ2) is 10.5. The third kappa shape index (κ3) is 6.21. The van der Waals surface area contributed by atoms with Crippen LogP contribution in [-0.4, -0.2) is 49.0 Å². The van der Waals surface area contributed by atoms with Gasteiger partial charge in [0, 0.05) is 25.2 Å². The van der Waals surface area contributed by atoms with Gasteiger partial charge in [-0.05, 0) is 56.0 Å². The van der Waals surface area contributed by atoms with Gasteiger partial charge in [0.05, 0.1) is 16.3 Å². The zero-order valence-corrected chi connectivity index (χ0v) is 19.1. The van der Waals surface area contributed by atoms with Crippen LogP contribution >= 0.6 is 22.9 Å². The number of piperidine rings is 1. The van der Waals surface area contributed by atoms with Crippen molar-refractivity contribution in [2.45, 2.75) is 33.2 Å². The molecule has 0 radical (unpaired) electrons. The van der Waals surface area contributed by atoms with Crippen LogP contribution < -0.4 is 4.74 Å². The van der Waals surface area contributed by atoms with E-state index in [0.717, 1.165) is 56.2 Å². The molecule has 1 amide bonds. The molecule has 2 heterocycles. The minimum atomic E-state index is 0.118. The number of hydrogen-bond donors (Lipinski definition) is 0. The number of halogens is 1. The predicted molar refractivity (Wildman–Crippen MR) is 121 cm³/mol. The highest BCUT2D eigenvalue weighted by Gasteiger charge is 2.26. The fourth-order valence-corrected chi connectivity index (χ4v) is 4.99. The number of ether oxygens (including phenoxy) is 1. The van der Waals surface area contributed by atoms with E-state index in [4.69, 9.17) is 16.3 Å². The van der Waals surface area contributed by atoms with Crippen molar-refractivity contribution in [1.29, 1.82) is 0 Å². The summed E-state index contributed by atoms with van der Waals surface area (Å²) in [5, 5.41) is 0. The van der Waals surface area contributed by atoms with Crippen LogP contribution in [0.2, 0.25) is 4.34 Å². The standard InChI is InChI=1S/C23H31ClN2O2S/c1-17(2)14-26(23(27)21-8-9-22(24)29-21)15-18-10-12-25(13-11-18)16-19-6-4-5-7-20(19)28-3/h4-9,17-18H,10-16H2,1-3H3. The first-order chi connectivity index (χ1) is 14.0. The molecule has 1 aromatic heterocycles. The second-order valence-electron chi connectivity index (χ2n) is 8.24. The van der Waals surface area contributed by atoms with Crippen LogP contribution in [0.5, 0.6) is 5.75 Å². The molecule has 0 saturated carbocycles. The Morgan fingerprint density at radius 2 is 1.97 bits per heavy atom. The maximum atomic E-state index is 13.0. The molecule has 6 heteroatoms. The summed E-state index contributed by atoms with van der Waals surface area (Å²) >= 11 is 7.42. The van der Waals surface area contributed by atoms with E-state index in [-0.39, 0.29) is 5.91 Å². The second-order valence-corrected chi connectivity index (χ2v) is 9.95. The molecule has 3 rings (SSSR count). The van der Waals surface area contributed by atoms with Gasteiger partial charge in [-0.1, -0.05) is 43.6 Å². The van der Waals surface area contributed by atoms with Gasteiger partial charge in [0.1, 0.15) is 5.75 Å². The van der Waals surface area contributed by atoms with Crippen LogP contribution in [0.4, 0.5) is 0 Å². The molecule has 0 spiro atoms. The number of likely N-dealkylation sites (tertiary alicyclic amines) is 1. The van der Waals surface area contributed by atoms with Crippen molar-refractivity contribution in [3.63, 3.8) is 0 Å². The lowest BCUT2D eigenvalue weighted by atomic mass is 9.95. The molecule has 1 aliphatic rings. The quantitative estimate of drug-likeness (QED) is 0.556. The van der Waals surface area contributed by atoms with Gasteiger partial charge >= 0.3 is 0 Å². The van der Waals surface area contributed by atoms with Gasteiger partial charge in [-0.25, -0.2) is 0 Å². The van der Waals surface area contributed by atoms with Crippen LogP contribution in [-0.2, 0) is 6.54 Å². The fourth-order valence-electron chi connectivity index (χ4n) is 3.98. The Morgan fingerprint density at radius 1 is 1.24 bits per heavy atom. The zero-order valence-electron chi connectivity index (χ0n) is 17.6. The number of para-hydroxylation sites is 1. The predicted octanol–water partition coefficient (Wildman–Crippen LogP) is 5.42. The molecule has 0 atom stereocenters. The topological polar surface area (TPSA) is 32.8 Å². The Balaban J connectivity index is 1.56. The van der Waals surface area contributed by atoms with E-state index in [1.165, 1.54) is 16.9 Å². The van der Waals surface area contributed by atoms with E-state index in [0.29, 0.717) is 16.2 Å². The molecule has 1 aliphatic heterocycles. The SMILES string of the molecule is COc1ccccc1CN1CCC(CN(CC(C)C)C(=O)c2ccc(Cl)s2)CC1. The number of nitrogens with zero attached hydrogens (tertiary/aromatic N) is 2. The van der Waals surface area contributed by atoms with Gasteiger partial charge in [-0.2, -0.15) is 0 Å². The van der Waals surface area contributed by atoms with Gasteiger partial charge < -0.3 is 9.64 Å². The first-order valence-corrected chi connectivity index (χ1v) is 11.5. The van der Waals surface area contributed by atoms with Crippen molar-refractivity contribution in [3.05, 3.63) is 51.2 Å². The Labute approximate surface area is 183 Å². The van der Waals surface area contributed by atoms with E-state index >= 15 is 0 Å². The maximum absolute atomic E-state index is 13.0. The average Bonchev–Trinajstić information content (AvgIpc) is 3.15. The van der Waals surface area contributed by atoms with Crippen LogP contribution in [0, 0.1) is 11.8 Å². The first kappa shape index (κ1) is 22.1. The van der Waals surface area contributed by atoms with Crippen molar-refractivity contribution in [2.24, 2.45) is 11.8 Å². The summed E-state index contributed by atoms with van der Waals surface area (Å²) in [5.74, 6) is 2.06. The van der Waals surface area contributed by atoms with Gasteiger partial charge in [-0.15, -0.1) is 11.3 Å². The minimum absolute atomic E-state index is 0.118. The average molecular weight is 435 g/mol. The third-order valence-corrected chi connectivity index (χ3v) is 6.65. The van der Waals surface area contributed by atoms with Gasteiger partial charge in [0.2, 0.25) is 0 Å². The van der Waals surface area contributed by atoms with E-state index in [9.17, 15) is 4.79 Å². The Bertz CT molecular complexity index is 800. The van der Waals surface area contributed by atoms with Crippen LogP contribution in [0.15, 0.2) is 36.4 Å². The fraction of sp³-hybridized carbons (Fsp3) is 0.522. The van der Waals surface area contributed by atoms with Crippen LogP contribution in [0.25, 0.3) is 0 Å². The number of methoxy groups -OCH3 is 1. The highest BCUT2D eigenvalue weighted by atomic mass is 35.5. The highest BCUT2D eigenvalue weighted by molar-refractivity contribution is 7.17. The summed E-state index contributed by atoms with van der Waals surface area (Å²) in [6.45, 7) is 8.97. The molecular formula is C23H31ClN2O2S. The van der Waals surface area contributed by atoms with Crippen molar-refractivity contribution in [1.82, 2.24) is 9.80 Å². The lowest BCUT2D eigenvalue weighted by Crippen LogP contribution is -2.42. The molecular weight excluding hydrogens is 404 g/mol. The van der Waals surface area contributed by atoms with Gasteiger partial charge in [0.25, 0.3) is 5.91 Å². The monoisotopic (exact) mass is 434 g/mol. The number of carbonyl (C=O) groups is 1. The number of benzene rings is 1. The van der Waals surface area contributed by atoms with Crippen LogP contribution in [0.3, 0.4) is 0 Å². The Hall–Kier alpha value is -1.56. The van der Waals surface area contributed by atoms with Gasteiger partial charge in [-0.3, -0.25) is 9.69 Å². The largest absolute Gasteiger partial charge is 0.496 e. The summed E-state index contributed by atoms with van der Waals surface area (Å²) in [6, 6.07) is 11.9. The Kier molecular flexibility index (Phi) is 7.99. The summed E-state index contributed by atoms with van der Waals surface area (Å²) < 4.78 is 6.16. The Morgan fingerprint density at radius 3 is 2.59 bits per heavy atom. The lowest BCUT2D eigenvalue weighted by Gasteiger charge is -2.35. The van der Waals surface area contributed by atoms with E-state index in [1.54, 1.807) is 7.11 Å². The molecule has 0 bridgehead atoms. The minimum Gasteiger partial charge on any atom is -0.496 e.